The summed E-state index contributed by atoms with van der Waals surface area (Å²) in [4.78, 5) is 23.4. The minimum absolute atomic E-state index is 0.252. The third-order valence-electron chi connectivity index (χ3n) is 3.50. The number of hydrogen-bond acceptors (Lipinski definition) is 5. The van der Waals surface area contributed by atoms with E-state index in [0.29, 0.717) is 5.00 Å². The summed E-state index contributed by atoms with van der Waals surface area (Å²) in [5.74, 6) is -0.608. The van der Waals surface area contributed by atoms with E-state index in [1.807, 2.05) is 24.3 Å². The predicted octanol–water partition coefficient (Wildman–Crippen LogP) is 2.13. The molecule has 0 saturated heterocycles. The maximum absolute atomic E-state index is 11.5. The standard InChI is InChI=1S/C17H22N4O3S/c1-24-8-2-7-20-10-11-3-5-12(6-4-11)14-9-13(15(18)22)16(25-14)21-17(19)23/h3-6,9,20H,2,7-8,10H2,1H3,(H2,18,22)(H3,19,21,23). The van der Waals surface area contributed by atoms with Crippen molar-refractivity contribution in [1.82, 2.24) is 5.32 Å². The van der Waals surface area contributed by atoms with Crippen molar-refractivity contribution in [3.05, 3.63) is 41.5 Å². The number of anilines is 1. The second-order valence-electron chi connectivity index (χ2n) is 5.43. The Morgan fingerprint density at radius 2 is 1.92 bits per heavy atom. The number of thiophene rings is 1. The lowest BCUT2D eigenvalue weighted by Gasteiger charge is -2.05. The maximum atomic E-state index is 11.5. The number of hydrogen-bond donors (Lipinski definition) is 4. The molecule has 134 valence electrons. The lowest BCUT2D eigenvalue weighted by atomic mass is 10.1. The molecule has 0 saturated carbocycles. The summed E-state index contributed by atoms with van der Waals surface area (Å²) in [6.45, 7) is 2.41. The van der Waals surface area contributed by atoms with Gasteiger partial charge in [0.1, 0.15) is 5.00 Å². The summed E-state index contributed by atoms with van der Waals surface area (Å²) in [6.07, 6.45) is 0.968. The zero-order valence-corrected chi connectivity index (χ0v) is 14.8. The lowest BCUT2D eigenvalue weighted by Crippen LogP contribution is -2.21. The van der Waals surface area contributed by atoms with Gasteiger partial charge in [-0.3, -0.25) is 10.1 Å². The number of ether oxygens (including phenoxy) is 1. The highest BCUT2D eigenvalue weighted by Gasteiger charge is 2.15. The zero-order chi connectivity index (χ0) is 18.2. The van der Waals surface area contributed by atoms with Crippen LogP contribution in [0, 0.1) is 0 Å². The van der Waals surface area contributed by atoms with Crippen molar-refractivity contribution < 1.29 is 14.3 Å². The highest BCUT2D eigenvalue weighted by Crippen LogP contribution is 2.35. The molecule has 1 aromatic carbocycles. The van der Waals surface area contributed by atoms with Crippen LogP contribution in [0.4, 0.5) is 9.80 Å². The summed E-state index contributed by atoms with van der Waals surface area (Å²) >= 11 is 1.26. The van der Waals surface area contributed by atoms with E-state index in [9.17, 15) is 9.59 Å². The molecule has 0 fully saturated rings. The van der Waals surface area contributed by atoms with Crippen LogP contribution in [0.1, 0.15) is 22.3 Å². The van der Waals surface area contributed by atoms with Crippen molar-refractivity contribution in [3.8, 4) is 10.4 Å². The van der Waals surface area contributed by atoms with Crippen LogP contribution in [0.2, 0.25) is 0 Å². The van der Waals surface area contributed by atoms with E-state index in [2.05, 4.69) is 10.6 Å². The van der Waals surface area contributed by atoms with E-state index in [0.717, 1.165) is 42.1 Å². The Kier molecular flexibility index (Phi) is 6.93. The Bertz CT molecular complexity index is 728. The Balaban J connectivity index is 2.06. The van der Waals surface area contributed by atoms with Gasteiger partial charge in [-0.25, -0.2) is 4.79 Å². The van der Waals surface area contributed by atoms with Gasteiger partial charge in [-0.05, 0) is 30.2 Å². The van der Waals surface area contributed by atoms with Crippen LogP contribution in [0.5, 0.6) is 0 Å². The first-order valence-corrected chi connectivity index (χ1v) is 8.62. The van der Waals surface area contributed by atoms with E-state index in [4.69, 9.17) is 16.2 Å². The molecule has 0 unspecified atom stereocenters. The number of nitrogens with one attached hydrogen (secondary N) is 2. The molecule has 0 aliphatic rings. The summed E-state index contributed by atoms with van der Waals surface area (Å²) in [5.41, 5.74) is 12.8. The zero-order valence-electron chi connectivity index (χ0n) is 14.0. The van der Waals surface area contributed by atoms with Crippen LogP contribution in [0.15, 0.2) is 30.3 Å². The van der Waals surface area contributed by atoms with E-state index < -0.39 is 11.9 Å². The first-order valence-electron chi connectivity index (χ1n) is 7.80. The monoisotopic (exact) mass is 362 g/mol. The van der Waals surface area contributed by atoms with Crippen molar-refractivity contribution in [2.75, 3.05) is 25.6 Å². The largest absolute Gasteiger partial charge is 0.385 e. The number of primary amides is 2. The molecule has 2 rings (SSSR count). The predicted molar refractivity (Wildman–Crippen MR) is 99.7 cm³/mol. The summed E-state index contributed by atoms with van der Waals surface area (Å²) in [6, 6.07) is 8.91. The van der Waals surface area contributed by atoms with Crippen molar-refractivity contribution in [2.45, 2.75) is 13.0 Å². The Labute approximate surface area is 150 Å². The number of benzene rings is 1. The molecule has 6 N–H and O–H groups in total. The molecule has 0 atom stereocenters. The van der Waals surface area contributed by atoms with Crippen molar-refractivity contribution in [3.63, 3.8) is 0 Å². The van der Waals surface area contributed by atoms with Gasteiger partial charge in [0.2, 0.25) is 0 Å². The van der Waals surface area contributed by atoms with Crippen LogP contribution in [-0.4, -0.2) is 32.2 Å². The van der Waals surface area contributed by atoms with E-state index in [-0.39, 0.29) is 5.56 Å². The third-order valence-corrected chi connectivity index (χ3v) is 4.60. The highest BCUT2D eigenvalue weighted by molar-refractivity contribution is 7.20. The second kappa shape index (κ2) is 9.16. The van der Waals surface area contributed by atoms with E-state index in [1.54, 1.807) is 13.2 Å². The SMILES string of the molecule is COCCCNCc1ccc(-c2cc(C(N)=O)c(NC(N)=O)s2)cc1. The van der Waals surface area contributed by atoms with Crippen LogP contribution in [0.25, 0.3) is 10.4 Å². The van der Waals surface area contributed by atoms with Crippen LogP contribution in [-0.2, 0) is 11.3 Å². The molecule has 0 aliphatic carbocycles. The molecule has 2 aromatic rings. The molecule has 7 nitrogen and oxygen atoms in total. The van der Waals surface area contributed by atoms with Gasteiger partial charge >= 0.3 is 6.03 Å². The number of carbonyl (C=O) groups excluding carboxylic acids is 2. The maximum Gasteiger partial charge on any atom is 0.317 e. The van der Waals surface area contributed by atoms with Crippen LogP contribution < -0.4 is 22.1 Å². The molecule has 1 aromatic heterocycles. The minimum atomic E-state index is -0.731. The van der Waals surface area contributed by atoms with Crippen LogP contribution >= 0.6 is 11.3 Å². The Morgan fingerprint density at radius 1 is 1.20 bits per heavy atom. The van der Waals surface area contributed by atoms with Gasteiger partial charge in [0, 0.05) is 25.1 Å². The number of urea groups is 1. The van der Waals surface area contributed by atoms with Crippen molar-refractivity contribution in [1.29, 1.82) is 0 Å². The third kappa shape index (κ3) is 5.56. The minimum Gasteiger partial charge on any atom is -0.385 e. The van der Waals surface area contributed by atoms with E-state index in [1.165, 1.54) is 11.3 Å². The Hall–Kier alpha value is -2.42. The fraction of sp³-hybridized carbons (Fsp3) is 0.294. The normalized spacial score (nSPS) is 10.6. The first kappa shape index (κ1) is 18.9. The Morgan fingerprint density at radius 3 is 2.52 bits per heavy atom. The molecule has 25 heavy (non-hydrogen) atoms. The number of amides is 3. The molecule has 0 aliphatic heterocycles. The number of carbonyl (C=O) groups is 2. The topological polar surface area (TPSA) is 119 Å². The fourth-order valence-electron chi connectivity index (χ4n) is 2.28. The number of methoxy groups -OCH3 is 1. The van der Waals surface area contributed by atoms with Gasteiger partial charge in [-0.2, -0.15) is 0 Å². The quantitative estimate of drug-likeness (QED) is 0.511. The number of rotatable bonds is 9. The van der Waals surface area contributed by atoms with Gasteiger partial charge in [-0.1, -0.05) is 24.3 Å². The van der Waals surface area contributed by atoms with Crippen molar-refractivity contribution >= 4 is 28.3 Å². The molecule has 8 heteroatoms. The molecule has 1 heterocycles. The first-order chi connectivity index (χ1) is 12.0. The van der Waals surface area contributed by atoms with Gasteiger partial charge in [0.25, 0.3) is 5.91 Å². The summed E-state index contributed by atoms with van der Waals surface area (Å²) in [7, 11) is 1.69. The van der Waals surface area contributed by atoms with Crippen molar-refractivity contribution in [2.24, 2.45) is 11.5 Å². The average molecular weight is 362 g/mol. The number of nitrogens with two attached hydrogens (primary N) is 2. The van der Waals surface area contributed by atoms with Crippen LogP contribution in [0.3, 0.4) is 0 Å². The molecular weight excluding hydrogens is 340 g/mol. The molecule has 0 bridgehead atoms. The fourth-order valence-corrected chi connectivity index (χ4v) is 3.35. The molecule has 0 radical (unpaired) electrons. The smallest absolute Gasteiger partial charge is 0.317 e. The summed E-state index contributed by atoms with van der Waals surface area (Å²) in [5, 5.41) is 6.14. The molecule has 0 spiro atoms. The van der Waals surface area contributed by atoms with Gasteiger partial charge < -0.3 is 21.5 Å². The van der Waals surface area contributed by atoms with Gasteiger partial charge in [0.05, 0.1) is 5.56 Å². The van der Waals surface area contributed by atoms with Gasteiger partial charge in [-0.15, -0.1) is 11.3 Å². The molecular formula is C17H22N4O3S. The second-order valence-corrected chi connectivity index (χ2v) is 6.48. The average Bonchev–Trinajstić information content (AvgIpc) is 2.98. The summed E-state index contributed by atoms with van der Waals surface area (Å²) < 4.78 is 5.01. The lowest BCUT2D eigenvalue weighted by molar-refractivity contribution is 0.100. The van der Waals surface area contributed by atoms with Gasteiger partial charge in [0.15, 0.2) is 0 Å². The highest BCUT2D eigenvalue weighted by atomic mass is 32.1. The molecule has 3 amide bonds. The van der Waals surface area contributed by atoms with E-state index >= 15 is 0 Å².